The second-order valence-corrected chi connectivity index (χ2v) is 2.89. The van der Waals surface area contributed by atoms with Gasteiger partial charge in [-0.3, -0.25) is 0 Å². The zero-order valence-electron chi connectivity index (χ0n) is 8.15. The van der Waals surface area contributed by atoms with Gasteiger partial charge in [0, 0.05) is 13.1 Å². The van der Waals surface area contributed by atoms with Gasteiger partial charge in [0.1, 0.15) is 0 Å². The van der Waals surface area contributed by atoms with Gasteiger partial charge in [0.05, 0.1) is 0 Å². The van der Waals surface area contributed by atoms with Crippen molar-refractivity contribution in [2.24, 2.45) is 0 Å². The molecule has 0 radical (unpaired) electrons. The molecule has 0 spiro atoms. The number of amides is 2. The topological polar surface area (TPSA) is 41.1 Å². The highest BCUT2D eigenvalue weighted by molar-refractivity contribution is 5.73. The van der Waals surface area contributed by atoms with Gasteiger partial charge in [-0.15, -0.1) is 0 Å². The first-order valence-corrected chi connectivity index (χ1v) is 4.83. The maximum absolute atomic E-state index is 10.9. The van der Waals surface area contributed by atoms with Crippen LogP contribution in [0.15, 0.2) is 0 Å². The highest BCUT2D eigenvalue weighted by Gasteiger charge is 1.95. The molecule has 72 valence electrons. The quantitative estimate of drug-likeness (QED) is 0.590. The lowest BCUT2D eigenvalue weighted by Crippen LogP contribution is -2.36. The van der Waals surface area contributed by atoms with Gasteiger partial charge in [-0.05, 0) is 12.8 Å². The van der Waals surface area contributed by atoms with E-state index in [0.29, 0.717) is 0 Å². The molecule has 0 bridgehead atoms. The summed E-state index contributed by atoms with van der Waals surface area (Å²) in [4.78, 5) is 10.9. The van der Waals surface area contributed by atoms with E-state index in [-0.39, 0.29) is 6.03 Å². The van der Waals surface area contributed by atoms with Crippen LogP contribution in [-0.2, 0) is 0 Å². The summed E-state index contributed by atoms with van der Waals surface area (Å²) in [6.07, 6.45) is 4.45. The zero-order chi connectivity index (χ0) is 9.23. The summed E-state index contributed by atoms with van der Waals surface area (Å²) in [5, 5.41) is 5.56. The highest BCUT2D eigenvalue weighted by atomic mass is 16.2. The number of carbonyl (C=O) groups excluding carboxylic acids is 1. The maximum atomic E-state index is 10.9. The van der Waals surface area contributed by atoms with Crippen LogP contribution in [0.1, 0.15) is 39.5 Å². The van der Waals surface area contributed by atoms with Crippen molar-refractivity contribution in [2.75, 3.05) is 13.1 Å². The minimum atomic E-state index is -0.0343. The monoisotopic (exact) mass is 172 g/mol. The van der Waals surface area contributed by atoms with E-state index in [9.17, 15) is 4.79 Å². The molecule has 0 fully saturated rings. The van der Waals surface area contributed by atoms with Crippen LogP contribution in [0.5, 0.6) is 0 Å². The predicted molar refractivity (Wildman–Crippen MR) is 51.2 cm³/mol. The predicted octanol–water partition coefficient (Wildman–Crippen LogP) is 1.89. The molecule has 0 rings (SSSR count). The third kappa shape index (κ3) is 7.38. The van der Waals surface area contributed by atoms with Crippen LogP contribution < -0.4 is 10.6 Å². The van der Waals surface area contributed by atoms with Crippen molar-refractivity contribution < 1.29 is 4.79 Å². The fourth-order valence-electron chi connectivity index (χ4n) is 0.878. The van der Waals surface area contributed by atoms with Crippen LogP contribution in [0.2, 0.25) is 0 Å². The molecule has 0 aliphatic rings. The Kier molecular flexibility index (Phi) is 7.86. The fraction of sp³-hybridized carbons (Fsp3) is 0.889. The minimum absolute atomic E-state index is 0.0343. The average molecular weight is 172 g/mol. The fourth-order valence-corrected chi connectivity index (χ4v) is 0.878. The Hall–Kier alpha value is -0.730. The summed E-state index contributed by atoms with van der Waals surface area (Å²) in [7, 11) is 0. The Labute approximate surface area is 74.9 Å². The summed E-state index contributed by atoms with van der Waals surface area (Å²) in [5.41, 5.74) is 0. The first-order chi connectivity index (χ1) is 5.81. The molecule has 0 aromatic rings. The number of nitrogens with one attached hydrogen (secondary N) is 2. The Morgan fingerprint density at radius 3 is 2.25 bits per heavy atom. The van der Waals surface area contributed by atoms with Gasteiger partial charge in [0.25, 0.3) is 0 Å². The summed E-state index contributed by atoms with van der Waals surface area (Å²) in [5.74, 6) is 0. The summed E-state index contributed by atoms with van der Waals surface area (Å²) in [6.45, 7) is 5.75. The van der Waals surface area contributed by atoms with E-state index < -0.39 is 0 Å². The van der Waals surface area contributed by atoms with Gasteiger partial charge in [-0.25, -0.2) is 4.79 Å². The van der Waals surface area contributed by atoms with E-state index in [4.69, 9.17) is 0 Å². The van der Waals surface area contributed by atoms with Crippen LogP contribution >= 0.6 is 0 Å². The molecule has 3 heteroatoms. The molecule has 0 heterocycles. The largest absolute Gasteiger partial charge is 0.338 e. The molecule has 0 unspecified atom stereocenters. The number of unbranched alkanes of at least 4 members (excludes halogenated alkanes) is 2. The van der Waals surface area contributed by atoms with Crippen molar-refractivity contribution >= 4 is 6.03 Å². The number of hydrogen-bond donors (Lipinski definition) is 2. The second-order valence-electron chi connectivity index (χ2n) is 2.89. The summed E-state index contributed by atoms with van der Waals surface area (Å²) >= 11 is 0. The molecule has 0 saturated carbocycles. The minimum Gasteiger partial charge on any atom is -0.338 e. The molecule has 12 heavy (non-hydrogen) atoms. The Bertz CT molecular complexity index is 115. The Balaban J connectivity index is 3.08. The molecule has 2 N–H and O–H groups in total. The molecule has 0 aromatic heterocycles. The standard InChI is InChI=1S/C9H20N2O/c1-3-5-6-8-11-9(12)10-7-4-2/h3-8H2,1-2H3,(H2,10,11,12). The van der Waals surface area contributed by atoms with E-state index in [1.807, 2.05) is 6.92 Å². The van der Waals surface area contributed by atoms with Crippen LogP contribution in [0.4, 0.5) is 4.79 Å². The van der Waals surface area contributed by atoms with E-state index >= 15 is 0 Å². The summed E-state index contributed by atoms with van der Waals surface area (Å²) in [6, 6.07) is -0.0343. The van der Waals surface area contributed by atoms with Crippen molar-refractivity contribution in [3.8, 4) is 0 Å². The van der Waals surface area contributed by atoms with Crippen molar-refractivity contribution in [3.05, 3.63) is 0 Å². The molecule has 2 amide bonds. The van der Waals surface area contributed by atoms with Crippen molar-refractivity contribution in [2.45, 2.75) is 39.5 Å². The van der Waals surface area contributed by atoms with Crippen molar-refractivity contribution in [1.82, 2.24) is 10.6 Å². The average Bonchev–Trinajstić information content (AvgIpc) is 2.09. The van der Waals surface area contributed by atoms with Gasteiger partial charge < -0.3 is 10.6 Å². The van der Waals surface area contributed by atoms with E-state index in [0.717, 1.165) is 25.9 Å². The normalized spacial score (nSPS) is 9.50. The molecule has 3 nitrogen and oxygen atoms in total. The molecular formula is C9H20N2O. The zero-order valence-corrected chi connectivity index (χ0v) is 8.15. The first-order valence-electron chi connectivity index (χ1n) is 4.83. The molecule has 0 aliphatic heterocycles. The molecule has 0 aromatic carbocycles. The van der Waals surface area contributed by atoms with Crippen LogP contribution in [0.25, 0.3) is 0 Å². The van der Waals surface area contributed by atoms with E-state index in [1.54, 1.807) is 0 Å². The lowest BCUT2D eigenvalue weighted by atomic mass is 10.2. The number of hydrogen-bond acceptors (Lipinski definition) is 1. The maximum Gasteiger partial charge on any atom is 0.314 e. The van der Waals surface area contributed by atoms with Crippen LogP contribution in [0.3, 0.4) is 0 Å². The van der Waals surface area contributed by atoms with Crippen LogP contribution in [-0.4, -0.2) is 19.1 Å². The molecule has 0 saturated heterocycles. The van der Waals surface area contributed by atoms with Gasteiger partial charge in [0.15, 0.2) is 0 Å². The Morgan fingerprint density at radius 2 is 1.67 bits per heavy atom. The van der Waals surface area contributed by atoms with Crippen molar-refractivity contribution in [1.29, 1.82) is 0 Å². The van der Waals surface area contributed by atoms with Crippen LogP contribution in [0, 0.1) is 0 Å². The second kappa shape index (κ2) is 8.37. The lowest BCUT2D eigenvalue weighted by molar-refractivity contribution is 0.240. The van der Waals surface area contributed by atoms with Gasteiger partial charge >= 0.3 is 6.03 Å². The van der Waals surface area contributed by atoms with Gasteiger partial charge in [-0.2, -0.15) is 0 Å². The van der Waals surface area contributed by atoms with E-state index in [2.05, 4.69) is 17.6 Å². The number of rotatable bonds is 6. The number of carbonyl (C=O) groups is 1. The molecule has 0 atom stereocenters. The number of urea groups is 1. The third-order valence-corrected chi connectivity index (χ3v) is 1.60. The molecule has 0 aliphatic carbocycles. The smallest absolute Gasteiger partial charge is 0.314 e. The lowest BCUT2D eigenvalue weighted by Gasteiger charge is -2.05. The summed E-state index contributed by atoms with van der Waals surface area (Å²) < 4.78 is 0. The third-order valence-electron chi connectivity index (χ3n) is 1.60. The van der Waals surface area contributed by atoms with Gasteiger partial charge in [0.2, 0.25) is 0 Å². The SMILES string of the molecule is CCCCCNC(=O)NCCC. The van der Waals surface area contributed by atoms with Crippen molar-refractivity contribution in [3.63, 3.8) is 0 Å². The molecular weight excluding hydrogens is 152 g/mol. The first kappa shape index (κ1) is 11.3. The highest BCUT2D eigenvalue weighted by Crippen LogP contribution is 1.90. The van der Waals surface area contributed by atoms with Gasteiger partial charge in [-0.1, -0.05) is 26.7 Å². The Morgan fingerprint density at radius 1 is 1.00 bits per heavy atom. The van der Waals surface area contributed by atoms with E-state index in [1.165, 1.54) is 12.8 Å².